The maximum absolute atomic E-state index is 11.7. The Bertz CT molecular complexity index is 407. The molecule has 0 aliphatic rings. The molecule has 8 heteroatoms. The number of alkyl halides is 1. The molecule has 0 bridgehead atoms. The molecule has 0 spiro atoms. The number of nitro groups is 1. The number of nitrogens with one attached hydrogen (secondary N) is 2. The van der Waals surface area contributed by atoms with Crippen LogP contribution in [0.15, 0.2) is 12.3 Å². The third-order valence-electron chi connectivity index (χ3n) is 2.01. The average molecular weight is 306 g/mol. The van der Waals surface area contributed by atoms with Gasteiger partial charge in [-0.05, 0) is 0 Å². The number of aromatic nitrogens is 1. The van der Waals surface area contributed by atoms with Gasteiger partial charge in [-0.2, -0.15) is 0 Å². The number of amides is 1. The molecule has 0 saturated carbocycles. The number of aromatic amines is 1. The Morgan fingerprint density at radius 3 is 2.94 bits per heavy atom. The van der Waals surface area contributed by atoms with Crippen molar-refractivity contribution < 1.29 is 14.5 Å². The fourth-order valence-electron chi connectivity index (χ4n) is 1.21. The number of methoxy groups -OCH3 is 1. The molecule has 1 atom stereocenters. The quantitative estimate of drug-likeness (QED) is 0.466. The molecule has 0 radical (unpaired) electrons. The van der Waals surface area contributed by atoms with Crippen LogP contribution in [0.5, 0.6) is 0 Å². The number of hydrogen-bond donors (Lipinski definition) is 2. The van der Waals surface area contributed by atoms with Crippen molar-refractivity contribution in [2.75, 3.05) is 19.0 Å². The van der Waals surface area contributed by atoms with Gasteiger partial charge in [0.15, 0.2) is 0 Å². The predicted octanol–water partition coefficient (Wildman–Crippen LogP) is 1.06. The van der Waals surface area contributed by atoms with Crippen molar-refractivity contribution in [3.05, 3.63) is 28.1 Å². The first-order valence-corrected chi connectivity index (χ1v) is 5.89. The van der Waals surface area contributed by atoms with Gasteiger partial charge in [-0.1, -0.05) is 15.9 Å². The lowest BCUT2D eigenvalue weighted by atomic mass is 10.3. The molecule has 1 aromatic rings. The number of nitrogens with zero attached hydrogens (tertiary/aromatic N) is 1. The van der Waals surface area contributed by atoms with Crippen LogP contribution in [-0.2, 0) is 4.74 Å². The molecule has 1 heterocycles. The zero-order chi connectivity index (χ0) is 12.8. The second-order valence-electron chi connectivity index (χ2n) is 3.31. The summed E-state index contributed by atoms with van der Waals surface area (Å²) in [5.74, 6) is -0.403. The lowest BCUT2D eigenvalue weighted by Gasteiger charge is -2.14. The fraction of sp³-hybridized carbons (Fsp3) is 0.444. The van der Waals surface area contributed by atoms with Gasteiger partial charge in [0, 0.05) is 18.5 Å². The topological polar surface area (TPSA) is 97.3 Å². The average Bonchev–Trinajstić information content (AvgIpc) is 2.77. The second kappa shape index (κ2) is 6.36. The lowest BCUT2D eigenvalue weighted by molar-refractivity contribution is -0.384. The Kier molecular flexibility index (Phi) is 5.11. The summed E-state index contributed by atoms with van der Waals surface area (Å²) in [4.78, 5) is 24.1. The van der Waals surface area contributed by atoms with Crippen LogP contribution in [0, 0.1) is 10.1 Å². The molecule has 2 N–H and O–H groups in total. The SMILES string of the molecule is COCC(CBr)NC(=O)c1cc([N+](=O)[O-])c[nH]1. The van der Waals surface area contributed by atoms with Crippen molar-refractivity contribution >= 4 is 27.5 Å². The van der Waals surface area contributed by atoms with E-state index in [1.165, 1.54) is 19.4 Å². The van der Waals surface area contributed by atoms with E-state index in [0.717, 1.165) is 0 Å². The standard InChI is InChI=1S/C9H12BrN3O4/c1-17-5-6(3-10)12-9(14)8-2-7(4-11-8)13(15)16/h2,4,6,11H,3,5H2,1H3,(H,12,14). The molecular formula is C9H12BrN3O4. The summed E-state index contributed by atoms with van der Waals surface area (Å²) < 4.78 is 4.91. The van der Waals surface area contributed by atoms with Crippen molar-refractivity contribution in [1.29, 1.82) is 0 Å². The zero-order valence-corrected chi connectivity index (χ0v) is 10.7. The number of carbonyl (C=O) groups excluding carboxylic acids is 1. The molecular weight excluding hydrogens is 294 g/mol. The van der Waals surface area contributed by atoms with E-state index < -0.39 is 10.8 Å². The Hall–Kier alpha value is -1.41. The molecule has 1 unspecified atom stereocenters. The molecule has 1 amide bonds. The number of hydrogen-bond acceptors (Lipinski definition) is 4. The Balaban J connectivity index is 2.65. The van der Waals surface area contributed by atoms with Crippen LogP contribution in [-0.4, -0.2) is 40.9 Å². The summed E-state index contributed by atoms with van der Waals surface area (Å²) in [6.45, 7) is 0.361. The fourth-order valence-corrected chi connectivity index (χ4v) is 1.56. The van der Waals surface area contributed by atoms with Crippen LogP contribution in [0.4, 0.5) is 5.69 Å². The third-order valence-corrected chi connectivity index (χ3v) is 2.79. The van der Waals surface area contributed by atoms with E-state index in [2.05, 4.69) is 26.2 Å². The van der Waals surface area contributed by atoms with Crippen LogP contribution in [0.25, 0.3) is 0 Å². The normalized spacial score (nSPS) is 12.1. The van der Waals surface area contributed by atoms with Gasteiger partial charge in [0.2, 0.25) is 0 Å². The molecule has 0 aromatic carbocycles. The highest BCUT2D eigenvalue weighted by molar-refractivity contribution is 9.09. The van der Waals surface area contributed by atoms with Crippen LogP contribution in [0.3, 0.4) is 0 Å². The Morgan fingerprint density at radius 2 is 2.47 bits per heavy atom. The summed E-state index contributed by atoms with van der Waals surface area (Å²) >= 11 is 3.23. The van der Waals surface area contributed by atoms with Crippen molar-refractivity contribution in [2.45, 2.75) is 6.04 Å². The van der Waals surface area contributed by atoms with Gasteiger partial charge >= 0.3 is 0 Å². The lowest BCUT2D eigenvalue weighted by Crippen LogP contribution is -2.39. The van der Waals surface area contributed by atoms with Crippen molar-refractivity contribution in [3.63, 3.8) is 0 Å². The number of ether oxygens (including phenoxy) is 1. The van der Waals surface area contributed by atoms with Gasteiger partial charge in [0.1, 0.15) is 5.69 Å². The molecule has 0 fully saturated rings. The molecule has 17 heavy (non-hydrogen) atoms. The van der Waals surface area contributed by atoms with Crippen LogP contribution >= 0.6 is 15.9 Å². The zero-order valence-electron chi connectivity index (χ0n) is 9.10. The highest BCUT2D eigenvalue weighted by Crippen LogP contribution is 2.12. The largest absolute Gasteiger partial charge is 0.383 e. The first-order valence-electron chi connectivity index (χ1n) is 4.77. The third kappa shape index (κ3) is 3.82. The molecule has 1 rings (SSSR count). The first-order chi connectivity index (χ1) is 8.08. The maximum Gasteiger partial charge on any atom is 0.287 e. The van der Waals surface area contributed by atoms with E-state index in [4.69, 9.17) is 4.74 Å². The number of halogens is 1. The highest BCUT2D eigenvalue weighted by atomic mass is 79.9. The first kappa shape index (κ1) is 13.7. The van der Waals surface area contributed by atoms with E-state index >= 15 is 0 Å². The van der Waals surface area contributed by atoms with E-state index in [1.54, 1.807) is 0 Å². The smallest absolute Gasteiger partial charge is 0.287 e. The Labute approximate surface area is 106 Å². The highest BCUT2D eigenvalue weighted by Gasteiger charge is 2.17. The van der Waals surface area contributed by atoms with Gasteiger partial charge in [-0.15, -0.1) is 0 Å². The van der Waals surface area contributed by atoms with E-state index in [-0.39, 0.29) is 17.4 Å². The van der Waals surface area contributed by atoms with E-state index in [1.807, 2.05) is 0 Å². The molecule has 0 saturated heterocycles. The van der Waals surface area contributed by atoms with Crippen molar-refractivity contribution in [3.8, 4) is 0 Å². The van der Waals surface area contributed by atoms with Gasteiger partial charge in [-0.3, -0.25) is 14.9 Å². The van der Waals surface area contributed by atoms with E-state index in [0.29, 0.717) is 11.9 Å². The van der Waals surface area contributed by atoms with Crippen LogP contribution in [0.1, 0.15) is 10.5 Å². The molecule has 0 aliphatic carbocycles. The van der Waals surface area contributed by atoms with Gasteiger partial charge < -0.3 is 15.0 Å². The van der Waals surface area contributed by atoms with Gasteiger partial charge in [0.25, 0.3) is 11.6 Å². The summed E-state index contributed by atoms with van der Waals surface area (Å²) in [5, 5.41) is 13.7. The number of H-pyrrole nitrogens is 1. The minimum Gasteiger partial charge on any atom is -0.383 e. The Morgan fingerprint density at radius 1 is 1.76 bits per heavy atom. The monoisotopic (exact) mass is 305 g/mol. The molecule has 1 aromatic heterocycles. The van der Waals surface area contributed by atoms with Crippen molar-refractivity contribution in [2.24, 2.45) is 0 Å². The van der Waals surface area contributed by atoms with Crippen molar-refractivity contribution in [1.82, 2.24) is 10.3 Å². The molecule has 0 aliphatic heterocycles. The predicted molar refractivity (Wildman–Crippen MR) is 64.4 cm³/mol. The molecule has 94 valence electrons. The van der Waals surface area contributed by atoms with Gasteiger partial charge in [0.05, 0.1) is 23.8 Å². The van der Waals surface area contributed by atoms with Crippen LogP contribution in [0.2, 0.25) is 0 Å². The summed E-state index contributed by atoms with van der Waals surface area (Å²) in [6.07, 6.45) is 1.17. The maximum atomic E-state index is 11.7. The second-order valence-corrected chi connectivity index (χ2v) is 3.96. The minimum atomic E-state index is -0.565. The van der Waals surface area contributed by atoms with Gasteiger partial charge in [-0.25, -0.2) is 0 Å². The minimum absolute atomic E-state index is 0.141. The van der Waals surface area contributed by atoms with E-state index in [9.17, 15) is 14.9 Å². The summed E-state index contributed by atoms with van der Waals surface area (Å²) in [6, 6.07) is 1.00. The number of carbonyl (C=O) groups is 1. The van der Waals surface area contributed by atoms with Crippen LogP contribution < -0.4 is 5.32 Å². The summed E-state index contributed by atoms with van der Waals surface area (Å²) in [7, 11) is 1.53. The number of rotatable bonds is 6. The molecule has 7 nitrogen and oxygen atoms in total. The summed E-state index contributed by atoms with van der Waals surface area (Å²) in [5.41, 5.74) is 0.0102.